The molecule has 0 aliphatic heterocycles. The average Bonchev–Trinajstić information content (AvgIpc) is 3.13. The van der Waals surface area contributed by atoms with E-state index in [9.17, 15) is 9.59 Å². The number of aryl methyl sites for hydroxylation is 1. The Hall–Kier alpha value is -2.21. The second kappa shape index (κ2) is 6.27. The normalized spacial score (nSPS) is 16.3. The molecule has 6 heteroatoms. The highest BCUT2D eigenvalue weighted by atomic mass is 32.1. The molecule has 3 rings (SSSR count). The molecule has 1 unspecified atom stereocenters. The van der Waals surface area contributed by atoms with Crippen LogP contribution in [0.15, 0.2) is 29.6 Å². The Kier molecular flexibility index (Phi) is 4.20. The van der Waals surface area contributed by atoms with E-state index in [0.717, 1.165) is 23.4 Å². The zero-order valence-corrected chi connectivity index (χ0v) is 12.7. The van der Waals surface area contributed by atoms with Gasteiger partial charge in [0.15, 0.2) is 5.69 Å². The predicted molar refractivity (Wildman–Crippen MR) is 83.3 cm³/mol. The van der Waals surface area contributed by atoms with Crippen molar-refractivity contribution in [1.82, 2.24) is 10.3 Å². The summed E-state index contributed by atoms with van der Waals surface area (Å²) in [6.45, 7) is 0.476. The van der Waals surface area contributed by atoms with Gasteiger partial charge in [0.25, 0.3) is 0 Å². The number of nitrogens with one attached hydrogen (secondary N) is 1. The molecule has 0 fully saturated rings. The molecule has 1 aliphatic carbocycles. The van der Waals surface area contributed by atoms with Crippen molar-refractivity contribution in [3.63, 3.8) is 0 Å². The van der Waals surface area contributed by atoms with Gasteiger partial charge in [-0.05, 0) is 24.0 Å². The summed E-state index contributed by atoms with van der Waals surface area (Å²) in [4.78, 5) is 27.1. The van der Waals surface area contributed by atoms with Gasteiger partial charge >= 0.3 is 5.97 Å². The quantitative estimate of drug-likeness (QED) is 0.886. The first-order valence-electron chi connectivity index (χ1n) is 7.18. The van der Waals surface area contributed by atoms with E-state index in [1.54, 1.807) is 0 Å². The summed E-state index contributed by atoms with van der Waals surface area (Å²) < 4.78 is 0. The topological polar surface area (TPSA) is 79.3 Å². The van der Waals surface area contributed by atoms with Crippen molar-refractivity contribution in [1.29, 1.82) is 0 Å². The molecule has 114 valence electrons. The van der Waals surface area contributed by atoms with Gasteiger partial charge in [-0.3, -0.25) is 4.79 Å². The second-order valence-corrected chi connectivity index (χ2v) is 6.21. The van der Waals surface area contributed by atoms with Crippen LogP contribution in [0.4, 0.5) is 0 Å². The molecule has 1 atom stereocenters. The first kappa shape index (κ1) is 14.7. The number of carbonyl (C=O) groups excluding carboxylic acids is 1. The van der Waals surface area contributed by atoms with Crippen molar-refractivity contribution in [2.45, 2.75) is 25.2 Å². The van der Waals surface area contributed by atoms with Crippen LogP contribution in [0.2, 0.25) is 0 Å². The van der Waals surface area contributed by atoms with Gasteiger partial charge in [0.1, 0.15) is 0 Å². The standard InChI is InChI=1S/C16H16N2O3S/c19-15(12-6-5-10-3-1-2-4-11(10)12)17-8-7-14-18-13(9-22-14)16(20)21/h1-4,9,12H,5-8H2,(H,17,19)(H,20,21). The highest BCUT2D eigenvalue weighted by molar-refractivity contribution is 7.09. The molecule has 22 heavy (non-hydrogen) atoms. The molecule has 0 saturated carbocycles. The zero-order chi connectivity index (χ0) is 15.5. The monoisotopic (exact) mass is 316 g/mol. The molecule has 2 aromatic rings. The Bertz CT molecular complexity index is 711. The molecule has 1 amide bonds. The Morgan fingerprint density at radius 1 is 1.36 bits per heavy atom. The maximum atomic E-state index is 12.3. The number of carboxylic acid groups (broad SMARTS) is 1. The van der Waals surface area contributed by atoms with E-state index in [-0.39, 0.29) is 17.5 Å². The van der Waals surface area contributed by atoms with Crippen LogP contribution in [0.1, 0.15) is 39.0 Å². The minimum Gasteiger partial charge on any atom is -0.476 e. The molecule has 0 radical (unpaired) electrons. The highest BCUT2D eigenvalue weighted by Crippen LogP contribution is 2.32. The maximum Gasteiger partial charge on any atom is 0.355 e. The number of nitrogens with zero attached hydrogens (tertiary/aromatic N) is 1. The first-order chi connectivity index (χ1) is 10.6. The number of carbonyl (C=O) groups is 2. The van der Waals surface area contributed by atoms with Crippen LogP contribution in [0.3, 0.4) is 0 Å². The number of hydrogen-bond donors (Lipinski definition) is 2. The number of benzene rings is 1. The van der Waals surface area contributed by atoms with Gasteiger partial charge in [-0.15, -0.1) is 11.3 Å². The molecule has 2 N–H and O–H groups in total. The fourth-order valence-electron chi connectivity index (χ4n) is 2.77. The molecule has 1 aliphatic rings. The number of aromatic carboxylic acids is 1. The Labute approximate surface area is 132 Å². The molecule has 1 aromatic heterocycles. The van der Waals surface area contributed by atoms with Gasteiger partial charge in [-0.25, -0.2) is 9.78 Å². The third-order valence-corrected chi connectivity index (χ3v) is 4.77. The summed E-state index contributed by atoms with van der Waals surface area (Å²) in [5, 5.41) is 14.0. The number of carboxylic acids is 1. The minimum atomic E-state index is -1.02. The molecule has 1 aromatic carbocycles. The Balaban J connectivity index is 1.54. The number of amides is 1. The fourth-order valence-corrected chi connectivity index (χ4v) is 3.54. The largest absolute Gasteiger partial charge is 0.476 e. The second-order valence-electron chi connectivity index (χ2n) is 5.26. The van der Waals surface area contributed by atoms with Crippen molar-refractivity contribution in [2.24, 2.45) is 0 Å². The molecule has 5 nitrogen and oxygen atoms in total. The fraction of sp³-hybridized carbons (Fsp3) is 0.312. The molecular formula is C16H16N2O3S. The first-order valence-corrected chi connectivity index (χ1v) is 8.06. The highest BCUT2D eigenvalue weighted by Gasteiger charge is 2.27. The molecule has 0 saturated heterocycles. The van der Waals surface area contributed by atoms with Crippen LogP contribution < -0.4 is 5.32 Å². The molecule has 0 spiro atoms. The number of aromatic nitrogens is 1. The summed E-state index contributed by atoms with van der Waals surface area (Å²) in [6, 6.07) is 8.06. The maximum absolute atomic E-state index is 12.3. The van der Waals surface area contributed by atoms with Crippen LogP contribution >= 0.6 is 11.3 Å². The van der Waals surface area contributed by atoms with Gasteiger partial charge in [0.2, 0.25) is 5.91 Å². The summed E-state index contributed by atoms with van der Waals surface area (Å²) in [6.07, 6.45) is 2.35. The average molecular weight is 316 g/mol. The summed E-state index contributed by atoms with van der Waals surface area (Å²) in [7, 11) is 0. The van der Waals surface area contributed by atoms with E-state index in [1.807, 2.05) is 18.2 Å². The smallest absolute Gasteiger partial charge is 0.355 e. The molecular weight excluding hydrogens is 300 g/mol. The number of fused-ring (bicyclic) bond motifs is 1. The lowest BCUT2D eigenvalue weighted by Gasteiger charge is -2.11. The minimum absolute atomic E-state index is 0.0416. The summed E-state index contributed by atoms with van der Waals surface area (Å²) >= 11 is 1.31. The lowest BCUT2D eigenvalue weighted by molar-refractivity contribution is -0.122. The van der Waals surface area contributed by atoms with E-state index < -0.39 is 5.97 Å². The Morgan fingerprint density at radius 2 is 2.18 bits per heavy atom. The van der Waals surface area contributed by atoms with Crippen LogP contribution in [0, 0.1) is 0 Å². The lowest BCUT2D eigenvalue weighted by atomic mass is 10.0. The van der Waals surface area contributed by atoms with Crippen LogP contribution in [-0.4, -0.2) is 28.5 Å². The third-order valence-electron chi connectivity index (χ3n) is 3.86. The van der Waals surface area contributed by atoms with Gasteiger partial charge in [-0.1, -0.05) is 24.3 Å². The van der Waals surface area contributed by atoms with Gasteiger partial charge in [0.05, 0.1) is 10.9 Å². The van der Waals surface area contributed by atoms with Crippen molar-refractivity contribution in [2.75, 3.05) is 6.54 Å². The van der Waals surface area contributed by atoms with Crippen molar-refractivity contribution < 1.29 is 14.7 Å². The lowest BCUT2D eigenvalue weighted by Crippen LogP contribution is -2.30. The van der Waals surface area contributed by atoms with Crippen molar-refractivity contribution in [3.05, 3.63) is 51.5 Å². The van der Waals surface area contributed by atoms with Gasteiger partial charge in [0, 0.05) is 18.3 Å². The Morgan fingerprint density at radius 3 is 2.95 bits per heavy atom. The van der Waals surface area contributed by atoms with Crippen molar-refractivity contribution in [3.8, 4) is 0 Å². The predicted octanol–water partition coefficient (Wildman–Crippen LogP) is 2.23. The van der Waals surface area contributed by atoms with Crippen LogP contribution in [-0.2, 0) is 17.6 Å². The van der Waals surface area contributed by atoms with E-state index >= 15 is 0 Å². The third kappa shape index (κ3) is 3.01. The van der Waals surface area contributed by atoms with Crippen molar-refractivity contribution >= 4 is 23.2 Å². The van der Waals surface area contributed by atoms with Crippen LogP contribution in [0.5, 0.6) is 0 Å². The summed E-state index contributed by atoms with van der Waals surface area (Å²) in [5.74, 6) is -1.05. The molecule has 1 heterocycles. The number of thiazole rings is 1. The van der Waals surface area contributed by atoms with E-state index in [1.165, 1.54) is 22.3 Å². The van der Waals surface area contributed by atoms with E-state index in [0.29, 0.717) is 13.0 Å². The van der Waals surface area contributed by atoms with Gasteiger partial charge in [-0.2, -0.15) is 0 Å². The van der Waals surface area contributed by atoms with E-state index in [4.69, 9.17) is 5.11 Å². The number of rotatable bonds is 5. The number of hydrogen-bond acceptors (Lipinski definition) is 4. The SMILES string of the molecule is O=C(O)c1csc(CCNC(=O)C2CCc3ccccc32)n1. The van der Waals surface area contributed by atoms with Crippen LogP contribution in [0.25, 0.3) is 0 Å². The van der Waals surface area contributed by atoms with Gasteiger partial charge < -0.3 is 10.4 Å². The van der Waals surface area contributed by atoms with E-state index in [2.05, 4.69) is 16.4 Å². The summed E-state index contributed by atoms with van der Waals surface area (Å²) in [5.41, 5.74) is 2.45. The zero-order valence-electron chi connectivity index (χ0n) is 11.9. The molecule has 0 bridgehead atoms.